The van der Waals surface area contributed by atoms with Gasteiger partial charge in [0.1, 0.15) is 16.2 Å². The van der Waals surface area contributed by atoms with Crippen molar-refractivity contribution in [1.82, 2.24) is 15.3 Å². The molecule has 2 heterocycles. The Labute approximate surface area is 188 Å². The van der Waals surface area contributed by atoms with E-state index in [1.165, 1.54) is 0 Å². The number of hydrogen-bond donors (Lipinski definition) is 2. The minimum atomic E-state index is -0.124. The molecule has 0 spiro atoms. The summed E-state index contributed by atoms with van der Waals surface area (Å²) in [5.41, 5.74) is 3.07. The van der Waals surface area contributed by atoms with Gasteiger partial charge >= 0.3 is 0 Å². The van der Waals surface area contributed by atoms with Crippen LogP contribution >= 0.6 is 35.3 Å². The van der Waals surface area contributed by atoms with E-state index in [1.54, 1.807) is 36.3 Å². The molecule has 0 saturated carbocycles. The minimum absolute atomic E-state index is 0.124. The van der Waals surface area contributed by atoms with E-state index in [0.29, 0.717) is 6.42 Å². The van der Waals surface area contributed by atoms with Crippen LogP contribution in [0.3, 0.4) is 0 Å². The highest BCUT2D eigenvalue weighted by Crippen LogP contribution is 2.41. The maximum atomic E-state index is 11.6. The molecule has 0 aliphatic heterocycles. The van der Waals surface area contributed by atoms with Gasteiger partial charge in [-0.15, -0.1) is 11.3 Å². The number of rotatable bonds is 5. The van der Waals surface area contributed by atoms with Crippen molar-refractivity contribution in [3.8, 4) is 11.1 Å². The zero-order chi connectivity index (χ0) is 20.9. The molecule has 4 rings (SSSR count). The number of hydrogen-bond acceptors (Lipinski definition) is 6. The van der Waals surface area contributed by atoms with E-state index >= 15 is 0 Å². The van der Waals surface area contributed by atoms with Crippen LogP contribution in [0.25, 0.3) is 21.3 Å². The fraction of sp³-hybridized carbons (Fsp3) is 0.0909. The molecular weight excluding hydrogens is 432 g/mol. The van der Waals surface area contributed by atoms with Crippen LogP contribution in [-0.4, -0.2) is 21.0 Å². The van der Waals surface area contributed by atoms with Crippen molar-refractivity contribution in [2.24, 2.45) is 0 Å². The lowest BCUT2D eigenvalue weighted by Gasteiger charge is -2.13. The summed E-state index contributed by atoms with van der Waals surface area (Å²) in [6, 6.07) is 18.1. The first-order valence-electron chi connectivity index (χ1n) is 9.31. The number of benzene rings is 2. The van der Waals surface area contributed by atoms with Crippen LogP contribution < -0.4 is 10.6 Å². The Morgan fingerprint density at radius 3 is 2.67 bits per heavy atom. The predicted molar refractivity (Wildman–Crippen MR) is 128 cm³/mol. The van der Waals surface area contributed by atoms with Gasteiger partial charge in [-0.2, -0.15) is 0 Å². The van der Waals surface area contributed by atoms with Crippen LogP contribution in [0, 0.1) is 0 Å². The van der Waals surface area contributed by atoms with Crippen LogP contribution in [0.2, 0.25) is 0 Å². The largest absolute Gasteiger partial charge is 0.331 e. The van der Waals surface area contributed by atoms with Gasteiger partial charge in [-0.05, 0) is 29.9 Å². The molecular formula is C22H18N4OS3. The molecule has 0 aliphatic rings. The van der Waals surface area contributed by atoms with Crippen molar-refractivity contribution in [3.63, 3.8) is 0 Å². The molecule has 0 bridgehead atoms. The van der Waals surface area contributed by atoms with Gasteiger partial charge in [-0.25, -0.2) is 9.97 Å². The minimum Gasteiger partial charge on any atom is -0.331 e. The highest BCUT2D eigenvalue weighted by molar-refractivity contribution is 7.99. The lowest BCUT2D eigenvalue weighted by molar-refractivity contribution is -0.119. The van der Waals surface area contributed by atoms with Gasteiger partial charge in [0.25, 0.3) is 0 Å². The molecule has 1 amide bonds. The number of anilines is 1. The summed E-state index contributed by atoms with van der Waals surface area (Å²) in [7, 11) is 0. The molecule has 5 nitrogen and oxygen atoms in total. The first-order valence-corrected chi connectivity index (χ1v) is 11.4. The number of nitrogens with zero attached hydrogens (tertiary/aromatic N) is 2. The van der Waals surface area contributed by atoms with E-state index in [2.05, 4.69) is 38.1 Å². The van der Waals surface area contributed by atoms with Crippen LogP contribution in [0.15, 0.2) is 76.2 Å². The third-order valence-electron chi connectivity index (χ3n) is 4.34. The van der Waals surface area contributed by atoms with Crippen LogP contribution in [0.1, 0.15) is 13.3 Å². The molecule has 2 aromatic heterocycles. The highest BCUT2D eigenvalue weighted by Gasteiger charge is 2.15. The molecule has 0 saturated heterocycles. The van der Waals surface area contributed by atoms with Crippen molar-refractivity contribution >= 4 is 62.2 Å². The normalized spacial score (nSPS) is 10.7. The molecule has 0 fully saturated rings. The first-order chi connectivity index (χ1) is 14.7. The number of thiophene rings is 1. The second-order valence-corrected chi connectivity index (χ2v) is 8.63. The van der Waals surface area contributed by atoms with E-state index in [0.717, 1.165) is 37.0 Å². The smallest absolute Gasteiger partial charge is 0.225 e. The Morgan fingerprint density at radius 2 is 1.87 bits per heavy atom. The molecule has 150 valence electrons. The van der Waals surface area contributed by atoms with Gasteiger partial charge in [0, 0.05) is 22.3 Å². The zero-order valence-electron chi connectivity index (χ0n) is 16.1. The maximum absolute atomic E-state index is 11.6. The van der Waals surface area contributed by atoms with Gasteiger partial charge in [0.05, 0.1) is 11.1 Å². The number of thiocarbonyl (C=S) groups is 1. The number of carbonyl (C=O) groups excluding carboxylic acids is 1. The fourth-order valence-corrected chi connectivity index (χ4v) is 5.08. The Bertz CT molecular complexity index is 1210. The monoisotopic (exact) mass is 450 g/mol. The van der Waals surface area contributed by atoms with Gasteiger partial charge in [-0.1, -0.05) is 61.2 Å². The number of carbonyl (C=O) groups is 1. The summed E-state index contributed by atoms with van der Waals surface area (Å²) in [4.78, 5) is 22.5. The molecule has 0 atom stereocenters. The van der Waals surface area contributed by atoms with Crippen molar-refractivity contribution < 1.29 is 4.79 Å². The number of aromatic nitrogens is 2. The maximum Gasteiger partial charge on any atom is 0.225 e. The second kappa shape index (κ2) is 9.34. The second-order valence-electron chi connectivity index (χ2n) is 6.33. The molecule has 2 N–H and O–H groups in total. The molecule has 8 heteroatoms. The molecule has 4 aromatic rings. The number of fused-ring (bicyclic) bond motifs is 1. The molecule has 2 aromatic carbocycles. The summed E-state index contributed by atoms with van der Waals surface area (Å²) < 4.78 is 0. The lowest BCUT2D eigenvalue weighted by atomic mass is 10.1. The first kappa shape index (κ1) is 20.5. The Balaban J connectivity index is 1.68. The number of nitrogens with one attached hydrogen (secondary N) is 2. The SMILES string of the molecule is CCC(=O)NC(=S)Nc1ccccc1Sc1ncnc2scc(-c3ccccc3)c12. The average molecular weight is 451 g/mol. The number of amides is 1. The van der Waals surface area contributed by atoms with E-state index in [4.69, 9.17) is 12.2 Å². The van der Waals surface area contributed by atoms with E-state index < -0.39 is 0 Å². The number of para-hydroxylation sites is 1. The standard InChI is InChI=1S/C22H18N4OS3/c1-2-18(27)26-22(28)25-16-10-6-7-11-17(16)30-21-19-15(14-8-4-3-5-9-14)12-29-20(19)23-13-24-21/h3-13H,2H2,1H3,(H2,25,26,27,28). The molecule has 0 radical (unpaired) electrons. The van der Waals surface area contributed by atoms with Crippen molar-refractivity contribution in [2.75, 3.05) is 5.32 Å². The summed E-state index contributed by atoms with van der Waals surface area (Å²) in [6.45, 7) is 1.78. The Morgan fingerprint density at radius 1 is 1.10 bits per heavy atom. The lowest BCUT2D eigenvalue weighted by Crippen LogP contribution is -2.33. The van der Waals surface area contributed by atoms with Gasteiger partial charge in [-0.3, -0.25) is 4.79 Å². The third kappa shape index (κ3) is 4.51. The van der Waals surface area contributed by atoms with Gasteiger partial charge < -0.3 is 10.6 Å². The summed E-state index contributed by atoms with van der Waals surface area (Å²) in [5, 5.41) is 10.1. The summed E-state index contributed by atoms with van der Waals surface area (Å²) >= 11 is 8.43. The van der Waals surface area contributed by atoms with Crippen LogP contribution in [0.4, 0.5) is 5.69 Å². The van der Waals surface area contributed by atoms with Gasteiger partial charge in [0.15, 0.2) is 5.11 Å². The van der Waals surface area contributed by atoms with Crippen LogP contribution in [0.5, 0.6) is 0 Å². The van der Waals surface area contributed by atoms with E-state index in [9.17, 15) is 4.79 Å². The topological polar surface area (TPSA) is 66.9 Å². The Kier molecular flexibility index (Phi) is 6.37. The third-order valence-corrected chi connectivity index (χ3v) is 6.51. The molecule has 0 aliphatic carbocycles. The fourth-order valence-electron chi connectivity index (χ4n) is 2.89. The average Bonchev–Trinajstić information content (AvgIpc) is 3.21. The summed E-state index contributed by atoms with van der Waals surface area (Å²) in [5.74, 6) is -0.124. The molecule has 0 unspecified atom stereocenters. The van der Waals surface area contributed by atoms with E-state index in [-0.39, 0.29) is 11.0 Å². The predicted octanol–water partition coefficient (Wildman–Crippen LogP) is 5.73. The van der Waals surface area contributed by atoms with Crippen LogP contribution in [-0.2, 0) is 4.79 Å². The van der Waals surface area contributed by atoms with Crippen molar-refractivity contribution in [1.29, 1.82) is 0 Å². The van der Waals surface area contributed by atoms with Crippen molar-refractivity contribution in [2.45, 2.75) is 23.3 Å². The zero-order valence-corrected chi connectivity index (χ0v) is 18.5. The molecule has 30 heavy (non-hydrogen) atoms. The van der Waals surface area contributed by atoms with Gasteiger partial charge in [0.2, 0.25) is 5.91 Å². The highest BCUT2D eigenvalue weighted by atomic mass is 32.2. The Hall–Kier alpha value is -2.81. The quantitative estimate of drug-likeness (QED) is 0.299. The van der Waals surface area contributed by atoms with E-state index in [1.807, 2.05) is 42.5 Å². The summed E-state index contributed by atoms with van der Waals surface area (Å²) in [6.07, 6.45) is 1.97. The van der Waals surface area contributed by atoms with Crippen molar-refractivity contribution in [3.05, 3.63) is 66.3 Å².